The molecule has 1 unspecified atom stereocenters. The van der Waals surface area contributed by atoms with Gasteiger partial charge in [-0.2, -0.15) is 12.6 Å². The molecule has 0 bridgehead atoms. The molecule has 0 aliphatic carbocycles. The third kappa shape index (κ3) is 8.09. The first-order valence-corrected chi connectivity index (χ1v) is 9.76. The van der Waals surface area contributed by atoms with Crippen molar-refractivity contribution in [3.63, 3.8) is 0 Å². The fraction of sp³-hybridized carbons (Fsp3) is 0.800. The van der Waals surface area contributed by atoms with Crippen LogP contribution in [0.25, 0.3) is 0 Å². The van der Waals surface area contributed by atoms with Crippen molar-refractivity contribution in [2.24, 2.45) is 0 Å². The highest BCUT2D eigenvalue weighted by Crippen LogP contribution is 2.07. The second kappa shape index (κ2) is 7.60. The summed E-state index contributed by atoms with van der Waals surface area (Å²) in [6.07, 6.45) is -0.604. The molecule has 0 saturated heterocycles. The topological polar surface area (TPSA) is 64.6 Å². The lowest BCUT2D eigenvalue weighted by molar-refractivity contribution is -0.142. The minimum absolute atomic E-state index is 0.176. The molecule has 0 aliphatic heterocycles. The molecule has 1 amide bonds. The highest BCUT2D eigenvalue weighted by atomic mass is 32.1. The summed E-state index contributed by atoms with van der Waals surface area (Å²) < 4.78 is 9.50. The van der Waals surface area contributed by atoms with E-state index in [-0.39, 0.29) is 5.75 Å². The maximum Gasteiger partial charge on any atom is 0.407 e. The van der Waals surface area contributed by atoms with Gasteiger partial charge in [0.25, 0.3) is 0 Å². The molecule has 1 N–H and O–H groups in total. The van der Waals surface area contributed by atoms with Crippen molar-refractivity contribution in [2.75, 3.05) is 19.5 Å². The zero-order valence-electron chi connectivity index (χ0n) is 10.8. The first kappa shape index (κ1) is 16.3. The van der Waals surface area contributed by atoms with E-state index in [0.717, 1.165) is 6.04 Å². The van der Waals surface area contributed by atoms with E-state index in [0.29, 0.717) is 6.61 Å². The number of thiol groups is 1. The van der Waals surface area contributed by atoms with Gasteiger partial charge in [0.15, 0.2) is 0 Å². The molecule has 0 aliphatic rings. The number of ether oxygens (including phenoxy) is 2. The van der Waals surface area contributed by atoms with Crippen LogP contribution in [-0.4, -0.2) is 45.6 Å². The van der Waals surface area contributed by atoms with Crippen molar-refractivity contribution < 1.29 is 19.1 Å². The summed E-state index contributed by atoms with van der Waals surface area (Å²) >= 11 is 3.96. The second-order valence-electron chi connectivity index (χ2n) is 4.85. The Morgan fingerprint density at radius 3 is 2.35 bits per heavy atom. The van der Waals surface area contributed by atoms with Crippen molar-refractivity contribution in [3.8, 4) is 0 Å². The van der Waals surface area contributed by atoms with Crippen LogP contribution in [0.2, 0.25) is 25.7 Å². The maximum atomic E-state index is 11.4. The number of amides is 1. The van der Waals surface area contributed by atoms with Crippen molar-refractivity contribution in [1.82, 2.24) is 5.32 Å². The number of nitrogens with one attached hydrogen (secondary N) is 1. The molecule has 0 saturated carbocycles. The van der Waals surface area contributed by atoms with Gasteiger partial charge in [0.05, 0.1) is 13.7 Å². The summed E-state index contributed by atoms with van der Waals surface area (Å²) in [7, 11) is 0.0482. The Morgan fingerprint density at radius 2 is 1.94 bits per heavy atom. The van der Waals surface area contributed by atoms with Crippen molar-refractivity contribution >= 4 is 32.8 Å². The Hall–Kier alpha value is -0.693. The number of hydrogen-bond acceptors (Lipinski definition) is 5. The number of alkyl carbamates (subject to hydrolysis) is 1. The molecule has 1 atom stereocenters. The lowest BCUT2D eigenvalue weighted by atomic mass is 10.3. The summed E-state index contributed by atoms with van der Waals surface area (Å²) in [6.45, 7) is 6.96. The SMILES string of the molecule is COC(=O)C(CS)NC(=O)OCC[Si](C)(C)C. The van der Waals surface area contributed by atoms with Gasteiger partial charge in [-0.1, -0.05) is 19.6 Å². The summed E-state index contributed by atoms with van der Waals surface area (Å²) in [5, 5.41) is 2.41. The van der Waals surface area contributed by atoms with Crippen molar-refractivity contribution in [2.45, 2.75) is 31.7 Å². The molecule has 0 aromatic carbocycles. The van der Waals surface area contributed by atoms with Crippen LogP contribution in [0, 0.1) is 0 Å². The minimum atomic E-state index is -1.21. The van der Waals surface area contributed by atoms with Crippen LogP contribution in [0.1, 0.15) is 0 Å². The third-order valence-electron chi connectivity index (χ3n) is 2.05. The van der Waals surface area contributed by atoms with Gasteiger partial charge in [-0.15, -0.1) is 0 Å². The van der Waals surface area contributed by atoms with Gasteiger partial charge in [-0.3, -0.25) is 0 Å². The van der Waals surface area contributed by atoms with Crippen LogP contribution in [0.3, 0.4) is 0 Å². The van der Waals surface area contributed by atoms with E-state index >= 15 is 0 Å². The molecular formula is C10H21NO4SSi. The smallest absolute Gasteiger partial charge is 0.407 e. The van der Waals surface area contributed by atoms with Crippen LogP contribution in [0.4, 0.5) is 4.79 Å². The van der Waals surface area contributed by atoms with E-state index in [2.05, 4.69) is 42.3 Å². The average molecular weight is 279 g/mol. The predicted octanol–water partition coefficient (Wildman–Crippen LogP) is 1.52. The highest BCUT2D eigenvalue weighted by molar-refractivity contribution is 7.80. The van der Waals surface area contributed by atoms with E-state index in [4.69, 9.17) is 4.74 Å². The van der Waals surface area contributed by atoms with E-state index in [1.807, 2.05) is 0 Å². The Balaban J connectivity index is 3.96. The maximum absolute atomic E-state index is 11.4. The van der Waals surface area contributed by atoms with Crippen LogP contribution >= 0.6 is 12.6 Å². The first-order valence-electron chi connectivity index (χ1n) is 5.42. The van der Waals surface area contributed by atoms with Crippen LogP contribution in [0.5, 0.6) is 0 Å². The average Bonchev–Trinajstić information content (AvgIpc) is 2.23. The molecule has 0 heterocycles. The Bertz CT molecular complexity index is 268. The van der Waals surface area contributed by atoms with Gasteiger partial charge in [-0.05, 0) is 6.04 Å². The number of carbonyl (C=O) groups excluding carboxylic acids is 2. The number of carbonyl (C=O) groups is 2. The summed E-state index contributed by atoms with van der Waals surface area (Å²) in [5.41, 5.74) is 0. The van der Waals surface area contributed by atoms with E-state index < -0.39 is 26.2 Å². The molecule has 0 aromatic heterocycles. The molecule has 100 valence electrons. The van der Waals surface area contributed by atoms with Crippen LogP contribution < -0.4 is 5.32 Å². The number of methoxy groups -OCH3 is 1. The second-order valence-corrected chi connectivity index (χ2v) is 10.8. The van der Waals surface area contributed by atoms with Crippen LogP contribution in [0.15, 0.2) is 0 Å². The van der Waals surface area contributed by atoms with E-state index in [1.54, 1.807) is 0 Å². The molecular weight excluding hydrogens is 258 g/mol. The van der Waals surface area contributed by atoms with Gasteiger partial charge in [-0.25, -0.2) is 9.59 Å². The standard InChI is InChI=1S/C10H21NO4SSi/c1-14-9(12)8(7-16)11-10(13)15-5-6-17(2,3)4/h8,16H,5-7H2,1-4H3,(H,11,13). The summed E-state index contributed by atoms with van der Waals surface area (Å²) in [5.74, 6) is -0.349. The zero-order chi connectivity index (χ0) is 13.5. The molecule has 0 aromatic rings. The molecule has 0 radical (unpaired) electrons. The molecule has 5 nitrogen and oxygen atoms in total. The Morgan fingerprint density at radius 1 is 1.35 bits per heavy atom. The van der Waals surface area contributed by atoms with Gasteiger partial charge in [0.2, 0.25) is 0 Å². The number of rotatable bonds is 6. The van der Waals surface area contributed by atoms with Crippen LogP contribution in [-0.2, 0) is 14.3 Å². The van der Waals surface area contributed by atoms with E-state index in [1.165, 1.54) is 7.11 Å². The summed E-state index contributed by atoms with van der Waals surface area (Å²) in [4.78, 5) is 22.5. The molecule has 17 heavy (non-hydrogen) atoms. The molecule has 0 rings (SSSR count). The van der Waals surface area contributed by atoms with Gasteiger partial charge < -0.3 is 14.8 Å². The Labute approximate surface area is 109 Å². The normalized spacial score (nSPS) is 12.8. The fourth-order valence-electron chi connectivity index (χ4n) is 0.955. The Kier molecular flexibility index (Phi) is 7.29. The number of hydrogen-bond donors (Lipinski definition) is 2. The minimum Gasteiger partial charge on any atom is -0.467 e. The largest absolute Gasteiger partial charge is 0.467 e. The quantitative estimate of drug-likeness (QED) is 0.439. The molecule has 0 spiro atoms. The predicted molar refractivity (Wildman–Crippen MR) is 72.3 cm³/mol. The number of esters is 1. The monoisotopic (exact) mass is 279 g/mol. The van der Waals surface area contributed by atoms with E-state index in [9.17, 15) is 9.59 Å². The van der Waals surface area contributed by atoms with Crippen molar-refractivity contribution in [3.05, 3.63) is 0 Å². The van der Waals surface area contributed by atoms with Crippen molar-refractivity contribution in [1.29, 1.82) is 0 Å². The van der Waals surface area contributed by atoms with Gasteiger partial charge in [0, 0.05) is 13.8 Å². The summed E-state index contributed by atoms with van der Waals surface area (Å²) in [6, 6.07) is 0.132. The van der Waals surface area contributed by atoms with Gasteiger partial charge >= 0.3 is 12.1 Å². The first-order chi connectivity index (χ1) is 7.80. The lowest BCUT2D eigenvalue weighted by Gasteiger charge is -2.17. The highest BCUT2D eigenvalue weighted by Gasteiger charge is 2.21. The molecule has 0 fully saturated rings. The third-order valence-corrected chi connectivity index (χ3v) is 4.11. The lowest BCUT2D eigenvalue weighted by Crippen LogP contribution is -2.43. The zero-order valence-corrected chi connectivity index (χ0v) is 12.7. The fourth-order valence-corrected chi connectivity index (χ4v) is 1.91. The molecule has 7 heteroatoms. The van der Waals surface area contributed by atoms with Gasteiger partial charge in [0.1, 0.15) is 6.04 Å².